The van der Waals surface area contributed by atoms with Crippen LogP contribution in [-0.2, 0) is 0 Å². The van der Waals surface area contributed by atoms with Crippen molar-refractivity contribution in [3.8, 4) is 0 Å². The molecule has 1 aliphatic heterocycles. The minimum absolute atomic E-state index is 0.111. The van der Waals surface area contributed by atoms with Crippen molar-refractivity contribution in [1.82, 2.24) is 4.90 Å². The van der Waals surface area contributed by atoms with Crippen LogP contribution in [0.3, 0.4) is 0 Å². The fraction of sp³-hybridized carbons (Fsp3) is 1.00. The van der Waals surface area contributed by atoms with E-state index >= 15 is 0 Å². The summed E-state index contributed by atoms with van der Waals surface area (Å²) in [7, 11) is 0. The molecular formula is C11H22F2N2. The summed E-state index contributed by atoms with van der Waals surface area (Å²) in [4.78, 5) is 2.26. The second kappa shape index (κ2) is 5.21. The average Bonchev–Trinajstić information content (AvgIpc) is 2.18. The van der Waals surface area contributed by atoms with Crippen molar-refractivity contribution in [3.63, 3.8) is 0 Å². The molecule has 1 fully saturated rings. The molecule has 0 spiro atoms. The Balaban J connectivity index is 2.46. The summed E-state index contributed by atoms with van der Waals surface area (Å²) in [5.74, 6) is 0.599. The van der Waals surface area contributed by atoms with Crippen LogP contribution in [0.15, 0.2) is 0 Å². The van der Waals surface area contributed by atoms with E-state index in [1.54, 1.807) is 0 Å². The van der Waals surface area contributed by atoms with Crippen LogP contribution in [0.4, 0.5) is 8.78 Å². The van der Waals surface area contributed by atoms with Crippen LogP contribution >= 0.6 is 0 Å². The lowest BCUT2D eigenvalue weighted by Crippen LogP contribution is -2.48. The van der Waals surface area contributed by atoms with Gasteiger partial charge < -0.3 is 10.6 Å². The van der Waals surface area contributed by atoms with E-state index in [2.05, 4.69) is 18.7 Å². The van der Waals surface area contributed by atoms with Crippen LogP contribution in [0.5, 0.6) is 0 Å². The molecule has 1 rings (SSSR count). The van der Waals surface area contributed by atoms with Gasteiger partial charge in [0.1, 0.15) is 0 Å². The van der Waals surface area contributed by atoms with E-state index in [1.165, 1.54) is 0 Å². The average molecular weight is 220 g/mol. The number of likely N-dealkylation sites (tertiary alicyclic amines) is 1. The number of hydrogen-bond acceptors (Lipinski definition) is 2. The van der Waals surface area contributed by atoms with Crippen molar-refractivity contribution in [1.29, 1.82) is 0 Å². The molecule has 0 aromatic heterocycles. The van der Waals surface area contributed by atoms with Gasteiger partial charge in [-0.1, -0.05) is 13.8 Å². The molecule has 90 valence electrons. The molecule has 0 radical (unpaired) electrons. The van der Waals surface area contributed by atoms with Crippen molar-refractivity contribution in [3.05, 3.63) is 0 Å². The Labute approximate surface area is 90.8 Å². The lowest BCUT2D eigenvalue weighted by Gasteiger charge is -2.41. The fourth-order valence-corrected chi connectivity index (χ4v) is 2.21. The van der Waals surface area contributed by atoms with Crippen molar-refractivity contribution >= 4 is 0 Å². The van der Waals surface area contributed by atoms with Gasteiger partial charge in [-0.05, 0) is 31.8 Å². The molecule has 1 heterocycles. The Morgan fingerprint density at radius 2 is 1.80 bits per heavy atom. The Bertz CT molecular complexity index is 187. The number of nitrogens with two attached hydrogens (primary N) is 1. The second-order valence-corrected chi connectivity index (χ2v) is 5.06. The molecule has 15 heavy (non-hydrogen) atoms. The number of rotatable bonds is 4. The maximum atomic E-state index is 12.9. The van der Waals surface area contributed by atoms with Crippen LogP contribution in [0.2, 0.25) is 0 Å². The number of hydrogen-bond donors (Lipinski definition) is 1. The highest BCUT2D eigenvalue weighted by atomic mass is 19.3. The first-order valence-electron chi connectivity index (χ1n) is 5.71. The minimum Gasteiger partial charge on any atom is -0.330 e. The Hall–Kier alpha value is -0.220. The van der Waals surface area contributed by atoms with Crippen LogP contribution in [0, 0.1) is 11.3 Å². The highest BCUT2D eigenvalue weighted by molar-refractivity contribution is 4.89. The molecular weight excluding hydrogens is 198 g/mol. The van der Waals surface area contributed by atoms with Gasteiger partial charge in [-0.25, -0.2) is 8.78 Å². The maximum absolute atomic E-state index is 12.9. The van der Waals surface area contributed by atoms with E-state index in [-0.39, 0.29) is 6.54 Å². The molecule has 0 bridgehead atoms. The zero-order chi connectivity index (χ0) is 11.5. The largest absolute Gasteiger partial charge is 0.330 e. The monoisotopic (exact) mass is 220 g/mol. The van der Waals surface area contributed by atoms with E-state index < -0.39 is 11.8 Å². The fourth-order valence-electron chi connectivity index (χ4n) is 2.21. The molecule has 0 aliphatic carbocycles. The summed E-state index contributed by atoms with van der Waals surface area (Å²) >= 11 is 0. The van der Waals surface area contributed by atoms with E-state index in [0.717, 1.165) is 19.6 Å². The lowest BCUT2D eigenvalue weighted by molar-refractivity contribution is -0.0428. The topological polar surface area (TPSA) is 29.3 Å². The van der Waals surface area contributed by atoms with E-state index in [0.29, 0.717) is 18.8 Å². The van der Waals surface area contributed by atoms with Gasteiger partial charge in [0.05, 0.1) is 0 Å². The SMILES string of the molecule is CC(C)CN1CCC(CN)(C(F)F)CC1. The summed E-state index contributed by atoms with van der Waals surface area (Å²) in [5.41, 5.74) is 4.58. The van der Waals surface area contributed by atoms with E-state index in [9.17, 15) is 8.78 Å². The first-order chi connectivity index (χ1) is 7.00. The van der Waals surface area contributed by atoms with Crippen molar-refractivity contribution in [2.75, 3.05) is 26.2 Å². The van der Waals surface area contributed by atoms with Gasteiger partial charge in [0.25, 0.3) is 0 Å². The number of nitrogens with zero attached hydrogens (tertiary/aromatic N) is 1. The van der Waals surface area contributed by atoms with Gasteiger partial charge in [-0.3, -0.25) is 0 Å². The van der Waals surface area contributed by atoms with Crippen LogP contribution in [0.25, 0.3) is 0 Å². The van der Waals surface area contributed by atoms with Gasteiger partial charge in [0.2, 0.25) is 6.43 Å². The Morgan fingerprint density at radius 3 is 2.13 bits per heavy atom. The van der Waals surface area contributed by atoms with Gasteiger partial charge in [-0.15, -0.1) is 0 Å². The minimum atomic E-state index is -2.27. The molecule has 0 aromatic rings. The molecule has 0 amide bonds. The number of halogens is 2. The molecule has 4 heteroatoms. The summed E-state index contributed by atoms with van der Waals surface area (Å²) in [5, 5.41) is 0. The molecule has 2 N–H and O–H groups in total. The van der Waals surface area contributed by atoms with Crippen LogP contribution in [0.1, 0.15) is 26.7 Å². The van der Waals surface area contributed by atoms with Crippen molar-refractivity contribution in [2.24, 2.45) is 17.1 Å². The molecule has 0 unspecified atom stereocenters. The third-order valence-corrected chi connectivity index (χ3v) is 3.34. The zero-order valence-electron chi connectivity index (χ0n) is 9.68. The Kier molecular flexibility index (Phi) is 4.46. The highest BCUT2D eigenvalue weighted by Crippen LogP contribution is 2.36. The molecule has 1 aliphatic rings. The quantitative estimate of drug-likeness (QED) is 0.784. The van der Waals surface area contributed by atoms with Gasteiger partial charge in [-0.2, -0.15) is 0 Å². The third-order valence-electron chi connectivity index (χ3n) is 3.34. The molecule has 1 saturated heterocycles. The highest BCUT2D eigenvalue weighted by Gasteiger charge is 2.41. The molecule has 0 aromatic carbocycles. The standard InChI is InChI=1S/C11H22F2N2/c1-9(2)7-15-5-3-11(8-14,4-6-15)10(12)13/h9-10H,3-8,14H2,1-2H3. The smallest absolute Gasteiger partial charge is 0.245 e. The van der Waals surface area contributed by atoms with Crippen molar-refractivity contribution < 1.29 is 8.78 Å². The predicted octanol–water partition coefficient (Wildman–Crippen LogP) is 1.95. The third kappa shape index (κ3) is 3.11. The zero-order valence-corrected chi connectivity index (χ0v) is 9.68. The Morgan fingerprint density at radius 1 is 1.27 bits per heavy atom. The van der Waals surface area contributed by atoms with Crippen LogP contribution < -0.4 is 5.73 Å². The summed E-state index contributed by atoms with van der Waals surface area (Å²) in [6, 6.07) is 0. The molecule has 0 atom stereocenters. The van der Waals surface area contributed by atoms with E-state index in [1.807, 2.05) is 0 Å². The first-order valence-corrected chi connectivity index (χ1v) is 5.71. The molecule has 2 nitrogen and oxygen atoms in total. The number of alkyl halides is 2. The summed E-state index contributed by atoms with van der Waals surface area (Å²) in [6.45, 7) is 6.94. The van der Waals surface area contributed by atoms with Crippen molar-refractivity contribution in [2.45, 2.75) is 33.1 Å². The van der Waals surface area contributed by atoms with Gasteiger partial charge in [0, 0.05) is 18.5 Å². The maximum Gasteiger partial charge on any atom is 0.245 e. The van der Waals surface area contributed by atoms with E-state index in [4.69, 9.17) is 5.73 Å². The van der Waals surface area contributed by atoms with Gasteiger partial charge >= 0.3 is 0 Å². The summed E-state index contributed by atoms with van der Waals surface area (Å²) in [6.07, 6.45) is -1.20. The van der Waals surface area contributed by atoms with Gasteiger partial charge in [0.15, 0.2) is 0 Å². The normalized spacial score (nSPS) is 22.6. The second-order valence-electron chi connectivity index (χ2n) is 5.06. The first kappa shape index (κ1) is 12.8. The molecule has 0 saturated carbocycles. The predicted molar refractivity (Wildman–Crippen MR) is 58.0 cm³/mol. The summed E-state index contributed by atoms with van der Waals surface area (Å²) < 4.78 is 25.7. The number of piperidine rings is 1. The lowest BCUT2D eigenvalue weighted by atomic mass is 9.78. The van der Waals surface area contributed by atoms with Crippen LogP contribution in [-0.4, -0.2) is 37.5 Å².